The maximum absolute atomic E-state index is 15.2. The van der Waals surface area contributed by atoms with Crippen LogP contribution in [0.5, 0.6) is 0 Å². The predicted octanol–water partition coefficient (Wildman–Crippen LogP) is 14.6. The minimum atomic E-state index is -0.714. The third-order valence-electron chi connectivity index (χ3n) is 14.6. The van der Waals surface area contributed by atoms with Crippen LogP contribution in [0.3, 0.4) is 0 Å². The lowest BCUT2D eigenvalue weighted by molar-refractivity contribution is -0.116. The summed E-state index contributed by atoms with van der Waals surface area (Å²) in [4.78, 5) is 86.2. The molecule has 91 heavy (non-hydrogen) atoms. The van der Waals surface area contributed by atoms with E-state index in [9.17, 15) is 37.5 Å². The van der Waals surface area contributed by atoms with E-state index < -0.39 is 45.9 Å². The molecule has 0 unspecified atom stereocenters. The van der Waals surface area contributed by atoms with E-state index in [0.717, 1.165) is 17.3 Å². The van der Waals surface area contributed by atoms with Gasteiger partial charge in [0.05, 0.1) is 68.4 Å². The van der Waals surface area contributed by atoms with Crippen LogP contribution in [0, 0.1) is 33.8 Å². The van der Waals surface area contributed by atoms with Gasteiger partial charge < -0.3 is 34.6 Å². The second-order valence-electron chi connectivity index (χ2n) is 21.5. The fraction of sp³-hybridized carbons (Fsp3) is 0.262. The van der Waals surface area contributed by atoms with Gasteiger partial charge in [-0.25, -0.2) is 32.3 Å². The molecule has 1 aliphatic rings. The van der Waals surface area contributed by atoms with Crippen LogP contribution in [0.4, 0.5) is 51.8 Å². The predicted molar refractivity (Wildman–Crippen MR) is 361 cm³/mol. The van der Waals surface area contributed by atoms with Crippen molar-refractivity contribution >= 4 is 151 Å². The van der Waals surface area contributed by atoms with E-state index in [1.807, 2.05) is 36.4 Å². The highest BCUT2D eigenvalue weighted by Gasteiger charge is 2.32. The van der Waals surface area contributed by atoms with Crippen molar-refractivity contribution in [2.45, 2.75) is 65.8 Å². The minimum Gasteiger partial charge on any atom is -0.373 e. The summed E-state index contributed by atoms with van der Waals surface area (Å²) in [6.45, 7) is 7.50. The number of hydrogen-bond acceptors (Lipinski definition) is 13. The third-order valence-corrected chi connectivity index (χ3v) is 16.6. The number of nitrogens with zero attached hydrogens (tertiary/aromatic N) is 7. The Kier molecular flexibility index (Phi) is 21.7. The first-order valence-corrected chi connectivity index (χ1v) is 31.6. The number of nitrogens with one attached hydrogen (secondary N) is 3. The molecule has 26 heteroatoms. The summed E-state index contributed by atoms with van der Waals surface area (Å²) in [5.74, 6) is -3.09. The van der Waals surface area contributed by atoms with E-state index in [-0.39, 0.29) is 104 Å². The first-order chi connectivity index (χ1) is 43.4. The van der Waals surface area contributed by atoms with Gasteiger partial charge in [0.2, 0.25) is 0 Å². The summed E-state index contributed by atoms with van der Waals surface area (Å²) >= 11 is 14.8. The lowest BCUT2D eigenvalue weighted by Crippen LogP contribution is -2.41. The van der Waals surface area contributed by atoms with Crippen molar-refractivity contribution in [2.24, 2.45) is 21.1 Å². The number of fused-ring (bicyclic) bond motifs is 3. The lowest BCUT2D eigenvalue weighted by Gasteiger charge is -2.21. The number of benzene rings is 6. The quantitative estimate of drug-likeness (QED) is 0.0281. The third kappa shape index (κ3) is 14.9. The van der Waals surface area contributed by atoms with Crippen LogP contribution in [0.15, 0.2) is 127 Å². The summed E-state index contributed by atoms with van der Waals surface area (Å²) in [5, 5.41) is 9.13. The number of ether oxygens (including phenoxy) is 2. The molecule has 0 radical (unpaired) electrons. The minimum absolute atomic E-state index is 0.0339. The molecule has 0 amide bonds. The molecular weight excluding hydrogens is 1450 g/mol. The van der Waals surface area contributed by atoms with Gasteiger partial charge in [0.15, 0.2) is 23.2 Å². The number of aryl methyl sites for hydroxylation is 3. The lowest BCUT2D eigenvalue weighted by atomic mass is 10.1. The molecule has 3 N–H and O–H groups in total. The van der Waals surface area contributed by atoms with Gasteiger partial charge >= 0.3 is 5.69 Å². The van der Waals surface area contributed by atoms with E-state index in [0.29, 0.717) is 67.1 Å². The number of carbonyl (C=O) groups is 3. The molecule has 1 saturated carbocycles. The Morgan fingerprint density at radius 1 is 0.692 bits per heavy atom. The molecule has 6 aromatic carbocycles. The molecule has 4 aromatic heterocycles. The Morgan fingerprint density at radius 3 is 1.75 bits per heavy atom. The van der Waals surface area contributed by atoms with Crippen molar-refractivity contribution < 1.29 is 41.4 Å². The van der Waals surface area contributed by atoms with Gasteiger partial charge in [0.1, 0.15) is 52.9 Å². The Morgan fingerprint density at radius 2 is 1.22 bits per heavy atom. The molecule has 4 heterocycles. The van der Waals surface area contributed by atoms with Crippen molar-refractivity contribution in [1.29, 1.82) is 0 Å². The van der Waals surface area contributed by atoms with Crippen molar-refractivity contribution in [1.82, 2.24) is 32.8 Å². The molecule has 0 bridgehead atoms. The zero-order valence-corrected chi connectivity index (χ0v) is 56.3. The number of ketones is 3. The van der Waals surface area contributed by atoms with E-state index in [4.69, 9.17) is 21.1 Å². The van der Waals surface area contributed by atoms with Crippen molar-refractivity contribution in [3.05, 3.63) is 198 Å². The normalized spacial score (nSPS) is 12.0. The molecule has 0 atom stereocenters. The molecule has 18 nitrogen and oxygen atoms in total. The maximum Gasteiger partial charge on any atom is 0.336 e. The molecule has 1 fully saturated rings. The van der Waals surface area contributed by atoms with Crippen molar-refractivity contribution in [2.75, 3.05) is 42.4 Å². The number of rotatable bonds is 20. The first-order valence-electron chi connectivity index (χ1n) is 28.6. The zero-order chi connectivity index (χ0) is 65.7. The summed E-state index contributed by atoms with van der Waals surface area (Å²) in [5.41, 5.74) is 2.08. The first kappa shape index (κ1) is 67.6. The number of aromatic nitrogens is 7. The second kappa shape index (κ2) is 29.2. The number of halogens is 8. The Hall–Kier alpha value is -7.82. The number of anilines is 6. The van der Waals surface area contributed by atoms with Crippen LogP contribution in [0.25, 0.3) is 38.7 Å². The van der Waals surface area contributed by atoms with E-state index in [1.54, 1.807) is 96.9 Å². The zero-order valence-electron chi connectivity index (χ0n) is 50.2. The number of hydrogen-bond donors (Lipinski definition) is 3. The smallest absolute Gasteiger partial charge is 0.336 e. The SMILES string of the molecule is CC(=O)Cc1cccc(-n2c(=O)n(C3CC3)c(=O)c3c(Nc4ccc(I)cc4F)n(C)c(=O)c(C)c32)c1.CCCOCC(=O)c1cc2c(ncn2C)c(F)c1Nc1ccc(Br)cc1Cl.CCCOCC(=O)c1cc2c(ncn2C)c(F)c1Nc1ccc(Br)cc1F. The van der Waals surface area contributed by atoms with E-state index in [1.165, 1.54) is 64.6 Å². The molecular formula is C65H60Br2ClF4IN10O8. The molecule has 10 aromatic rings. The molecule has 474 valence electrons. The van der Waals surface area contributed by atoms with Crippen LogP contribution in [0.2, 0.25) is 5.02 Å². The van der Waals surface area contributed by atoms with E-state index >= 15 is 8.78 Å². The largest absolute Gasteiger partial charge is 0.373 e. The highest BCUT2D eigenvalue weighted by molar-refractivity contribution is 14.1. The van der Waals surface area contributed by atoms with Crippen LogP contribution in [-0.2, 0) is 41.8 Å². The fourth-order valence-corrected chi connectivity index (χ4v) is 11.5. The highest BCUT2D eigenvalue weighted by atomic mass is 127. The average molecular weight is 1510 g/mol. The number of carbonyl (C=O) groups excluding carboxylic acids is 3. The monoisotopic (exact) mass is 1500 g/mol. The average Bonchev–Trinajstić information content (AvgIpc) is 1.54. The molecule has 0 spiro atoms. The van der Waals surface area contributed by atoms with Crippen LogP contribution in [0.1, 0.15) is 84.3 Å². The molecule has 0 aliphatic heterocycles. The number of Topliss-reactive ketones (excluding diaryl/α,β-unsaturated/α-hetero) is 3. The van der Waals surface area contributed by atoms with Crippen LogP contribution >= 0.6 is 66.1 Å². The Balaban J connectivity index is 0.000000165. The molecule has 1 aliphatic carbocycles. The van der Waals surface area contributed by atoms with Gasteiger partial charge in [-0.2, -0.15) is 0 Å². The van der Waals surface area contributed by atoms with Gasteiger partial charge in [0, 0.05) is 76.0 Å². The van der Waals surface area contributed by atoms with Gasteiger partial charge in [-0.3, -0.25) is 37.7 Å². The van der Waals surface area contributed by atoms with Gasteiger partial charge in [0.25, 0.3) is 11.1 Å². The maximum atomic E-state index is 15.2. The van der Waals surface area contributed by atoms with Gasteiger partial charge in [-0.05, 0) is 147 Å². The number of imidazole rings is 2. The Bertz CT molecular complexity index is 4540. The van der Waals surface area contributed by atoms with Gasteiger partial charge in [-0.15, -0.1) is 0 Å². The van der Waals surface area contributed by atoms with Crippen LogP contribution in [-0.4, -0.2) is 76.6 Å². The standard InChI is InChI=1S/C27H24FIN4O4.C19H18BrClFN3O2.C19H18BrF2N3O2/c1-14(34)11-16-5-4-6-19(12-16)32-23-15(2)25(35)31(3)24(30-21-10-7-17(29)13-20(21)28)22(23)26(36)33(27(32)37)18-8-9-18;2*1-3-6-27-9-16(26)12-8-15-19(23-10-25(15)2)17(22)18(12)24-14-5-4-11(20)7-13(14)21/h4-7,10,12-13,18,30H,8-9,11H2,1-3H3;2*4-5,7-8,10,24H,3,6,9H2,1-2H3. The van der Waals surface area contributed by atoms with E-state index in [2.05, 4.69) is 57.8 Å². The highest BCUT2D eigenvalue weighted by Crippen LogP contribution is 2.37. The number of pyridine rings is 1. The summed E-state index contributed by atoms with van der Waals surface area (Å²) < 4.78 is 79.2. The summed E-state index contributed by atoms with van der Waals surface area (Å²) in [7, 11) is 4.96. The van der Waals surface area contributed by atoms with Crippen molar-refractivity contribution in [3.8, 4) is 5.69 Å². The fourth-order valence-electron chi connectivity index (χ4n) is 10.0. The van der Waals surface area contributed by atoms with Crippen molar-refractivity contribution in [3.63, 3.8) is 0 Å². The molecule has 0 saturated heterocycles. The molecule has 11 rings (SSSR count). The van der Waals surface area contributed by atoms with Gasteiger partial charge in [-0.1, -0.05) is 69.4 Å². The second-order valence-corrected chi connectivity index (χ2v) is 25.0. The van der Waals surface area contributed by atoms with Crippen LogP contribution < -0.4 is 32.8 Å². The summed E-state index contributed by atoms with van der Waals surface area (Å²) in [6.07, 6.45) is 6.07. The summed E-state index contributed by atoms with van der Waals surface area (Å²) in [6, 6.07) is 23.9. The topological polar surface area (TPSA) is 207 Å². The Labute approximate surface area is 553 Å².